The molecule has 0 heterocycles. The van der Waals surface area contributed by atoms with Gasteiger partial charge in [0.25, 0.3) is 0 Å². The van der Waals surface area contributed by atoms with Crippen molar-refractivity contribution in [1.82, 2.24) is 0 Å². The monoisotopic (exact) mass is 259 g/mol. The van der Waals surface area contributed by atoms with Gasteiger partial charge < -0.3 is 5.73 Å². The van der Waals surface area contributed by atoms with Crippen LogP contribution in [0.3, 0.4) is 0 Å². The van der Waals surface area contributed by atoms with Crippen LogP contribution in [-0.4, -0.2) is 6.54 Å². The second-order valence-corrected chi connectivity index (χ2v) is 6.45. The Balaban J connectivity index is 1.90. The topological polar surface area (TPSA) is 26.0 Å². The molecule has 1 aromatic carbocycles. The second-order valence-electron chi connectivity index (χ2n) is 6.45. The van der Waals surface area contributed by atoms with Gasteiger partial charge in [-0.05, 0) is 55.5 Å². The van der Waals surface area contributed by atoms with Crippen LogP contribution < -0.4 is 5.73 Å². The van der Waals surface area contributed by atoms with Gasteiger partial charge in [0.15, 0.2) is 0 Å². The van der Waals surface area contributed by atoms with Crippen LogP contribution in [0, 0.1) is 11.3 Å². The molecule has 106 valence electrons. The van der Waals surface area contributed by atoms with Gasteiger partial charge in [0.1, 0.15) is 0 Å². The molecular weight excluding hydrogens is 230 g/mol. The average Bonchev–Trinajstić information content (AvgIpc) is 2.48. The number of hydrogen-bond donors (Lipinski definition) is 1. The van der Waals surface area contributed by atoms with Crippen molar-refractivity contribution in [2.75, 3.05) is 6.54 Å². The molecule has 19 heavy (non-hydrogen) atoms. The lowest BCUT2D eigenvalue weighted by Crippen LogP contribution is -2.36. The van der Waals surface area contributed by atoms with Crippen molar-refractivity contribution < 1.29 is 0 Å². The van der Waals surface area contributed by atoms with Gasteiger partial charge in [0.05, 0.1) is 0 Å². The molecule has 0 saturated heterocycles. The van der Waals surface area contributed by atoms with Gasteiger partial charge in [0, 0.05) is 0 Å². The molecule has 1 saturated carbocycles. The minimum absolute atomic E-state index is 0.379. The molecule has 1 nitrogen and oxygen atoms in total. The highest BCUT2D eigenvalue weighted by molar-refractivity contribution is 5.17. The minimum Gasteiger partial charge on any atom is -0.330 e. The summed E-state index contributed by atoms with van der Waals surface area (Å²) >= 11 is 0. The summed E-state index contributed by atoms with van der Waals surface area (Å²) in [7, 11) is 0. The number of nitrogens with two attached hydrogens (primary N) is 1. The highest BCUT2D eigenvalue weighted by Crippen LogP contribution is 2.42. The third kappa shape index (κ3) is 4.07. The number of benzene rings is 1. The van der Waals surface area contributed by atoms with Crippen LogP contribution in [0.2, 0.25) is 0 Å². The minimum atomic E-state index is 0.379. The molecule has 1 fully saturated rings. The van der Waals surface area contributed by atoms with E-state index in [0.717, 1.165) is 12.5 Å². The maximum atomic E-state index is 6.13. The van der Waals surface area contributed by atoms with Crippen molar-refractivity contribution in [2.24, 2.45) is 17.1 Å². The Morgan fingerprint density at radius 2 is 1.84 bits per heavy atom. The first-order valence-electron chi connectivity index (χ1n) is 8.02. The zero-order valence-corrected chi connectivity index (χ0v) is 12.4. The van der Waals surface area contributed by atoms with Crippen molar-refractivity contribution in [3.63, 3.8) is 0 Å². The summed E-state index contributed by atoms with van der Waals surface area (Å²) in [5.74, 6) is 0.968. The maximum Gasteiger partial charge on any atom is -0.00173 e. The van der Waals surface area contributed by atoms with Gasteiger partial charge in [-0.25, -0.2) is 0 Å². The van der Waals surface area contributed by atoms with E-state index in [2.05, 4.69) is 37.3 Å². The Hall–Kier alpha value is -0.820. The van der Waals surface area contributed by atoms with Gasteiger partial charge in [-0.1, -0.05) is 56.5 Å². The van der Waals surface area contributed by atoms with Gasteiger partial charge in [0.2, 0.25) is 0 Å². The van der Waals surface area contributed by atoms with Crippen LogP contribution >= 0.6 is 0 Å². The van der Waals surface area contributed by atoms with Crippen LogP contribution in [0.1, 0.15) is 57.4 Å². The van der Waals surface area contributed by atoms with E-state index in [1.165, 1.54) is 56.9 Å². The third-order valence-electron chi connectivity index (χ3n) is 4.99. The van der Waals surface area contributed by atoms with Crippen LogP contribution in [0.4, 0.5) is 0 Å². The number of unbranched alkanes of at least 4 members (excludes halogenated alkanes) is 1. The smallest absolute Gasteiger partial charge is 0.00173 e. The molecule has 2 N–H and O–H groups in total. The number of rotatable bonds is 6. The quantitative estimate of drug-likeness (QED) is 0.796. The van der Waals surface area contributed by atoms with E-state index in [1.54, 1.807) is 0 Å². The molecule has 0 spiro atoms. The van der Waals surface area contributed by atoms with E-state index in [1.807, 2.05) is 0 Å². The van der Waals surface area contributed by atoms with E-state index in [4.69, 9.17) is 5.73 Å². The highest BCUT2D eigenvalue weighted by Gasteiger charge is 2.33. The van der Waals surface area contributed by atoms with Gasteiger partial charge in [-0.3, -0.25) is 0 Å². The third-order valence-corrected chi connectivity index (χ3v) is 4.99. The summed E-state index contributed by atoms with van der Waals surface area (Å²) in [6.45, 7) is 3.14. The molecule has 0 radical (unpaired) electrons. The predicted molar refractivity (Wildman–Crippen MR) is 83.1 cm³/mol. The van der Waals surface area contributed by atoms with E-state index < -0.39 is 0 Å². The Labute approximate surface area is 118 Å². The summed E-state index contributed by atoms with van der Waals surface area (Å²) in [5.41, 5.74) is 7.97. The van der Waals surface area contributed by atoms with Crippen LogP contribution in [0.15, 0.2) is 30.3 Å². The second kappa shape index (κ2) is 7.09. The summed E-state index contributed by atoms with van der Waals surface area (Å²) in [5, 5.41) is 0. The Bertz CT molecular complexity index is 349. The van der Waals surface area contributed by atoms with Crippen LogP contribution in [-0.2, 0) is 6.42 Å². The first-order chi connectivity index (χ1) is 9.28. The summed E-state index contributed by atoms with van der Waals surface area (Å²) in [4.78, 5) is 0. The lowest BCUT2D eigenvalue weighted by molar-refractivity contribution is 0.150. The van der Waals surface area contributed by atoms with E-state index in [9.17, 15) is 0 Å². The molecule has 0 aromatic heterocycles. The van der Waals surface area contributed by atoms with Crippen LogP contribution in [0.25, 0.3) is 0 Å². The molecule has 1 aromatic rings. The summed E-state index contributed by atoms with van der Waals surface area (Å²) in [6, 6.07) is 10.9. The fourth-order valence-corrected chi connectivity index (χ4v) is 3.55. The first-order valence-corrected chi connectivity index (χ1v) is 8.02. The zero-order chi connectivity index (χ0) is 13.6. The average molecular weight is 259 g/mol. The fourth-order valence-electron chi connectivity index (χ4n) is 3.55. The van der Waals surface area contributed by atoms with Gasteiger partial charge in [-0.15, -0.1) is 0 Å². The number of hydrogen-bond acceptors (Lipinski definition) is 1. The molecule has 0 aliphatic heterocycles. The largest absolute Gasteiger partial charge is 0.330 e. The van der Waals surface area contributed by atoms with Gasteiger partial charge >= 0.3 is 0 Å². The van der Waals surface area contributed by atoms with Crippen molar-refractivity contribution >= 4 is 0 Å². The predicted octanol–water partition coefficient (Wildman–Crippen LogP) is 4.55. The molecule has 0 amide bonds. The molecule has 1 aliphatic rings. The van der Waals surface area contributed by atoms with E-state index >= 15 is 0 Å². The Morgan fingerprint density at radius 1 is 1.16 bits per heavy atom. The zero-order valence-electron chi connectivity index (χ0n) is 12.4. The highest BCUT2D eigenvalue weighted by atomic mass is 14.6. The molecule has 0 atom stereocenters. The van der Waals surface area contributed by atoms with E-state index in [0.29, 0.717) is 5.41 Å². The van der Waals surface area contributed by atoms with Crippen molar-refractivity contribution in [3.8, 4) is 0 Å². The molecule has 1 heteroatoms. The lowest BCUT2D eigenvalue weighted by atomic mass is 9.67. The maximum absolute atomic E-state index is 6.13. The standard InChI is InChI=1S/C18H29N/c1-2-3-7-16-10-12-18(15-19,13-11-16)14-17-8-5-4-6-9-17/h4-6,8-9,16H,2-3,7,10-15,19H2,1H3. The Morgan fingerprint density at radius 3 is 2.42 bits per heavy atom. The van der Waals surface area contributed by atoms with E-state index in [-0.39, 0.29) is 0 Å². The molecule has 0 bridgehead atoms. The van der Waals surface area contributed by atoms with Gasteiger partial charge in [-0.2, -0.15) is 0 Å². The van der Waals surface area contributed by atoms with Crippen molar-refractivity contribution in [3.05, 3.63) is 35.9 Å². The molecular formula is C18H29N. The summed E-state index contributed by atoms with van der Waals surface area (Å²) < 4.78 is 0. The molecule has 2 rings (SSSR count). The summed E-state index contributed by atoms with van der Waals surface area (Å²) in [6.07, 6.45) is 10.8. The molecule has 0 unspecified atom stereocenters. The first kappa shape index (κ1) is 14.6. The van der Waals surface area contributed by atoms with Crippen molar-refractivity contribution in [1.29, 1.82) is 0 Å². The lowest BCUT2D eigenvalue weighted by Gasteiger charge is -2.40. The van der Waals surface area contributed by atoms with Crippen molar-refractivity contribution in [2.45, 2.75) is 58.3 Å². The Kier molecular flexibility index (Phi) is 5.45. The van der Waals surface area contributed by atoms with Crippen LogP contribution in [0.5, 0.6) is 0 Å². The fraction of sp³-hybridized carbons (Fsp3) is 0.667. The molecule has 1 aliphatic carbocycles. The SMILES string of the molecule is CCCCC1CCC(CN)(Cc2ccccc2)CC1. The normalized spacial score (nSPS) is 27.4.